The van der Waals surface area contributed by atoms with E-state index in [4.69, 9.17) is 4.74 Å². The average molecular weight is 345 g/mol. The summed E-state index contributed by atoms with van der Waals surface area (Å²) in [7, 11) is 0. The molecule has 1 aromatic carbocycles. The van der Waals surface area contributed by atoms with E-state index in [1.165, 1.54) is 0 Å². The number of carbonyl (C=O) groups excluding carboxylic acids is 1. The molecule has 0 spiro atoms. The Hall–Kier alpha value is -2.67. The van der Waals surface area contributed by atoms with Crippen LogP contribution in [0.5, 0.6) is 5.75 Å². The van der Waals surface area contributed by atoms with Gasteiger partial charge in [0.2, 0.25) is 0 Å². The molecule has 124 valence electrons. The lowest BCUT2D eigenvalue weighted by Gasteiger charge is -2.20. The van der Waals surface area contributed by atoms with Crippen LogP contribution in [0.4, 0.5) is 0 Å². The van der Waals surface area contributed by atoms with E-state index in [1.807, 2.05) is 0 Å². The maximum Gasteiger partial charge on any atom is 0.344 e. The molecule has 6 nitrogen and oxygen atoms in total. The second-order valence-electron chi connectivity index (χ2n) is 6.29. The number of ether oxygens (including phenoxy) is 1. The summed E-state index contributed by atoms with van der Waals surface area (Å²) in [5.74, 6) is -1.41. The van der Waals surface area contributed by atoms with Gasteiger partial charge in [-0.1, -0.05) is 23.5 Å². The smallest absolute Gasteiger partial charge is 0.344 e. The molecule has 7 heteroatoms. The number of pyridine rings is 1. The Morgan fingerprint density at radius 2 is 1.88 bits per heavy atom. The van der Waals surface area contributed by atoms with Crippen molar-refractivity contribution in [3.05, 3.63) is 55.8 Å². The summed E-state index contributed by atoms with van der Waals surface area (Å²) in [6, 6.07) is 7.79. The lowest BCUT2D eigenvalue weighted by molar-refractivity contribution is 0.00687. The topological polar surface area (TPSA) is 85.1 Å². The molecule has 3 rings (SSSR count). The van der Waals surface area contributed by atoms with Gasteiger partial charge in [-0.05, 0) is 32.9 Å². The first-order chi connectivity index (χ1) is 11.2. The van der Waals surface area contributed by atoms with Crippen LogP contribution in [0.3, 0.4) is 0 Å². The van der Waals surface area contributed by atoms with Crippen molar-refractivity contribution in [2.24, 2.45) is 0 Å². The van der Waals surface area contributed by atoms with Gasteiger partial charge in [0.1, 0.15) is 22.4 Å². The van der Waals surface area contributed by atoms with Crippen molar-refractivity contribution in [2.45, 2.75) is 26.4 Å². The third-order valence-electron chi connectivity index (χ3n) is 3.30. The van der Waals surface area contributed by atoms with E-state index < -0.39 is 27.6 Å². The third-order valence-corrected chi connectivity index (χ3v) is 4.25. The van der Waals surface area contributed by atoms with Crippen molar-refractivity contribution in [1.82, 2.24) is 4.40 Å². The SMILES string of the molecule is CC(C)(C)OC(=O)c1c(O)cc(=O)n2c1c(=O)sc1ccccc12. The Labute approximate surface area is 140 Å². The van der Waals surface area contributed by atoms with Crippen LogP contribution in [0.2, 0.25) is 0 Å². The zero-order valence-electron chi connectivity index (χ0n) is 13.3. The second kappa shape index (κ2) is 5.45. The van der Waals surface area contributed by atoms with Gasteiger partial charge in [0.15, 0.2) is 0 Å². The second-order valence-corrected chi connectivity index (χ2v) is 7.30. The Morgan fingerprint density at radius 1 is 1.21 bits per heavy atom. The molecule has 0 fully saturated rings. The van der Waals surface area contributed by atoms with Crippen LogP contribution in [0.1, 0.15) is 31.1 Å². The lowest BCUT2D eigenvalue weighted by Crippen LogP contribution is -2.27. The number of aromatic hydroxyl groups is 1. The summed E-state index contributed by atoms with van der Waals surface area (Å²) in [6.07, 6.45) is 0. The van der Waals surface area contributed by atoms with Gasteiger partial charge in [0.05, 0.1) is 10.2 Å². The quantitative estimate of drug-likeness (QED) is 0.541. The van der Waals surface area contributed by atoms with E-state index in [1.54, 1.807) is 45.0 Å². The standard InChI is InChI=1S/C17H15NO5S/c1-17(2,3)23-15(21)13-10(19)8-12(20)18-9-6-4-5-7-11(9)24-16(22)14(13)18/h4-8,19H,1-3H3. The fraction of sp³-hybridized carbons (Fsp3) is 0.235. The predicted molar refractivity (Wildman–Crippen MR) is 92.2 cm³/mol. The van der Waals surface area contributed by atoms with Gasteiger partial charge in [-0.15, -0.1) is 0 Å². The van der Waals surface area contributed by atoms with E-state index in [-0.39, 0.29) is 11.1 Å². The number of aromatic nitrogens is 1. The minimum absolute atomic E-state index is 0.169. The molecule has 0 aliphatic heterocycles. The van der Waals surface area contributed by atoms with Crippen molar-refractivity contribution >= 4 is 33.0 Å². The van der Waals surface area contributed by atoms with Crippen molar-refractivity contribution in [3.8, 4) is 5.75 Å². The molecular formula is C17H15NO5S. The number of benzene rings is 1. The molecule has 24 heavy (non-hydrogen) atoms. The van der Waals surface area contributed by atoms with Crippen molar-refractivity contribution < 1.29 is 14.6 Å². The maximum absolute atomic E-state index is 12.5. The Kier molecular flexibility index (Phi) is 3.68. The van der Waals surface area contributed by atoms with Gasteiger partial charge in [-0.3, -0.25) is 14.0 Å². The summed E-state index contributed by atoms with van der Waals surface area (Å²) in [6.45, 7) is 5.03. The van der Waals surface area contributed by atoms with Gasteiger partial charge in [0, 0.05) is 6.07 Å². The minimum atomic E-state index is -0.850. The van der Waals surface area contributed by atoms with E-state index in [0.29, 0.717) is 10.2 Å². The van der Waals surface area contributed by atoms with Crippen molar-refractivity contribution in [1.29, 1.82) is 0 Å². The largest absolute Gasteiger partial charge is 0.507 e. The molecule has 2 heterocycles. The Morgan fingerprint density at radius 3 is 2.54 bits per heavy atom. The number of carbonyl (C=O) groups is 1. The highest BCUT2D eigenvalue weighted by Gasteiger charge is 2.26. The number of para-hydroxylation sites is 1. The zero-order chi connectivity index (χ0) is 17.6. The number of nitrogens with zero attached hydrogens (tertiary/aromatic N) is 1. The maximum atomic E-state index is 12.5. The molecule has 0 aliphatic rings. The fourth-order valence-electron chi connectivity index (χ4n) is 2.44. The van der Waals surface area contributed by atoms with E-state index >= 15 is 0 Å². The number of hydrogen-bond donors (Lipinski definition) is 1. The Bertz CT molecular complexity index is 1090. The number of esters is 1. The summed E-state index contributed by atoms with van der Waals surface area (Å²) in [5.41, 5.74) is -1.36. The molecule has 2 aromatic heterocycles. The molecule has 0 bridgehead atoms. The van der Waals surface area contributed by atoms with Gasteiger partial charge in [0.25, 0.3) is 10.3 Å². The van der Waals surface area contributed by atoms with Crippen LogP contribution in [-0.4, -0.2) is 21.1 Å². The highest BCUT2D eigenvalue weighted by Crippen LogP contribution is 2.25. The number of hydrogen-bond acceptors (Lipinski definition) is 6. The van der Waals surface area contributed by atoms with Gasteiger partial charge < -0.3 is 9.84 Å². The molecular weight excluding hydrogens is 330 g/mol. The van der Waals surface area contributed by atoms with Crippen LogP contribution in [-0.2, 0) is 4.74 Å². The zero-order valence-corrected chi connectivity index (χ0v) is 14.1. The van der Waals surface area contributed by atoms with E-state index in [2.05, 4.69) is 0 Å². The third kappa shape index (κ3) is 2.67. The minimum Gasteiger partial charge on any atom is -0.507 e. The molecule has 1 N–H and O–H groups in total. The summed E-state index contributed by atoms with van der Waals surface area (Å²) in [5, 5.41) is 10.1. The van der Waals surface area contributed by atoms with Gasteiger partial charge in [-0.25, -0.2) is 4.79 Å². The van der Waals surface area contributed by atoms with Crippen LogP contribution in [0.25, 0.3) is 15.7 Å². The number of rotatable bonds is 1. The monoisotopic (exact) mass is 345 g/mol. The summed E-state index contributed by atoms with van der Waals surface area (Å²) >= 11 is 0.904. The lowest BCUT2D eigenvalue weighted by atomic mass is 10.1. The molecule has 3 aromatic rings. The molecule has 0 aliphatic carbocycles. The molecule has 0 unspecified atom stereocenters. The molecule has 0 atom stereocenters. The highest BCUT2D eigenvalue weighted by molar-refractivity contribution is 7.16. The van der Waals surface area contributed by atoms with E-state index in [0.717, 1.165) is 21.8 Å². The van der Waals surface area contributed by atoms with Crippen molar-refractivity contribution in [3.63, 3.8) is 0 Å². The van der Waals surface area contributed by atoms with Gasteiger partial charge in [-0.2, -0.15) is 0 Å². The average Bonchev–Trinajstić information content (AvgIpc) is 2.45. The van der Waals surface area contributed by atoms with Crippen LogP contribution >= 0.6 is 11.3 Å². The Balaban J connectivity index is 2.47. The van der Waals surface area contributed by atoms with Crippen molar-refractivity contribution in [2.75, 3.05) is 0 Å². The molecule has 0 saturated carbocycles. The normalized spacial score (nSPS) is 11.8. The first-order valence-electron chi connectivity index (χ1n) is 7.23. The van der Waals surface area contributed by atoms with E-state index in [9.17, 15) is 19.5 Å². The van der Waals surface area contributed by atoms with Crippen LogP contribution in [0, 0.1) is 0 Å². The summed E-state index contributed by atoms with van der Waals surface area (Å²) < 4.78 is 6.53. The molecule has 0 saturated heterocycles. The first kappa shape index (κ1) is 16.2. The highest BCUT2D eigenvalue weighted by atomic mass is 32.1. The predicted octanol–water partition coefficient (Wildman–Crippen LogP) is 2.54. The summed E-state index contributed by atoms with van der Waals surface area (Å²) in [4.78, 5) is 37.3. The van der Waals surface area contributed by atoms with Gasteiger partial charge >= 0.3 is 5.97 Å². The first-order valence-corrected chi connectivity index (χ1v) is 8.04. The number of fused-ring (bicyclic) bond motifs is 3. The molecule has 0 amide bonds. The van der Waals surface area contributed by atoms with Crippen LogP contribution < -0.4 is 10.3 Å². The fourth-order valence-corrected chi connectivity index (χ4v) is 3.34. The molecule has 0 radical (unpaired) electrons. The van der Waals surface area contributed by atoms with Crippen LogP contribution in [0.15, 0.2) is 39.9 Å².